The Morgan fingerprint density at radius 3 is 2.00 bits per heavy atom. The molecule has 20 heavy (non-hydrogen) atoms. The molecule has 0 saturated carbocycles. The molecular formula is C13H21BNO3SY-. The van der Waals surface area contributed by atoms with Gasteiger partial charge in [-0.3, -0.25) is 0 Å². The zero-order valence-corrected chi connectivity index (χ0v) is 16.3. The average Bonchev–Trinajstić information content (AvgIpc) is 2.49. The van der Waals surface area contributed by atoms with Gasteiger partial charge in [0.15, 0.2) is 0 Å². The first-order valence-electron chi connectivity index (χ1n) is 6.08. The van der Waals surface area contributed by atoms with E-state index >= 15 is 0 Å². The molecule has 0 spiro atoms. The van der Waals surface area contributed by atoms with E-state index in [1.807, 2.05) is 39.8 Å². The van der Waals surface area contributed by atoms with Gasteiger partial charge in [-0.1, -0.05) is 24.3 Å². The summed E-state index contributed by atoms with van der Waals surface area (Å²) in [6, 6.07) is 7.31. The van der Waals surface area contributed by atoms with Crippen LogP contribution in [-0.2, 0) is 42.0 Å². The van der Waals surface area contributed by atoms with Crippen molar-refractivity contribution in [1.82, 2.24) is 0 Å². The molecule has 2 rings (SSSR count). The maximum atomic E-state index is 7.59. The van der Waals surface area contributed by atoms with Crippen LogP contribution < -0.4 is 5.46 Å². The van der Waals surface area contributed by atoms with Crippen molar-refractivity contribution >= 4 is 30.3 Å². The van der Waals surface area contributed by atoms with Crippen LogP contribution in [0.5, 0.6) is 0 Å². The largest absolute Gasteiger partial charge is 0.699 e. The first kappa shape index (κ1) is 20.4. The van der Waals surface area contributed by atoms with E-state index in [1.54, 1.807) is 18.4 Å². The minimum absolute atomic E-state index is 0. The Morgan fingerprint density at radius 2 is 1.60 bits per heavy atom. The Balaban J connectivity index is 0.000000830. The van der Waals surface area contributed by atoms with Gasteiger partial charge in [0.25, 0.3) is 0 Å². The fraction of sp³-hybridized carbons (Fsp3) is 0.538. The van der Waals surface area contributed by atoms with Crippen LogP contribution >= 0.6 is 12.0 Å². The number of benzene rings is 1. The second kappa shape index (κ2) is 8.16. The standard InChI is InChI=1S/C12H17BNO2.CH4OS.Y/c1-11(2)12(3,4)16-13(15-11)9-6-5-7-10(14)8-9;1-3-2;/h5-8,14H,1-4H3;2H,1H3;/q-1;;. The van der Waals surface area contributed by atoms with E-state index in [-0.39, 0.29) is 51.0 Å². The predicted molar refractivity (Wildman–Crippen MR) is 82.3 cm³/mol. The van der Waals surface area contributed by atoms with Gasteiger partial charge in [0.1, 0.15) is 0 Å². The van der Waals surface area contributed by atoms with Gasteiger partial charge >= 0.3 is 7.12 Å². The number of rotatable bonds is 1. The molecule has 7 heteroatoms. The van der Waals surface area contributed by atoms with Crippen molar-refractivity contribution in [3.05, 3.63) is 30.0 Å². The van der Waals surface area contributed by atoms with Gasteiger partial charge in [0.2, 0.25) is 0 Å². The van der Waals surface area contributed by atoms with Crippen molar-refractivity contribution in [2.45, 2.75) is 38.9 Å². The molecule has 0 amide bonds. The third-order valence-electron chi connectivity index (χ3n) is 3.41. The molecule has 0 unspecified atom stereocenters. The molecular weight excluding hydrogens is 350 g/mol. The van der Waals surface area contributed by atoms with Crippen LogP contribution in [0, 0.1) is 0 Å². The van der Waals surface area contributed by atoms with Crippen LogP contribution in [0.25, 0.3) is 5.73 Å². The van der Waals surface area contributed by atoms with E-state index in [0.717, 1.165) is 17.5 Å². The summed E-state index contributed by atoms with van der Waals surface area (Å²) in [7, 11) is -0.365. The van der Waals surface area contributed by atoms with E-state index in [0.29, 0.717) is 5.69 Å². The van der Waals surface area contributed by atoms with Gasteiger partial charge in [-0.05, 0) is 45.2 Å². The molecule has 0 atom stereocenters. The molecule has 1 aliphatic heterocycles. The Hall–Kier alpha value is 0.419. The molecule has 0 aromatic heterocycles. The number of nitrogens with one attached hydrogen (secondary N) is 1. The quantitative estimate of drug-likeness (QED) is 0.607. The second-order valence-electron chi connectivity index (χ2n) is 5.40. The fourth-order valence-corrected chi connectivity index (χ4v) is 1.66. The normalized spacial score (nSPS) is 18.8. The van der Waals surface area contributed by atoms with E-state index in [2.05, 4.69) is 0 Å². The van der Waals surface area contributed by atoms with Gasteiger partial charge in [0.05, 0.1) is 11.2 Å². The summed E-state index contributed by atoms with van der Waals surface area (Å²) in [5.41, 5.74) is 8.33. The monoisotopic (exact) mass is 371 g/mol. The molecule has 1 saturated heterocycles. The van der Waals surface area contributed by atoms with Crippen LogP contribution in [0.4, 0.5) is 5.69 Å². The van der Waals surface area contributed by atoms with Gasteiger partial charge in [-0.25, -0.2) is 0 Å². The van der Waals surface area contributed by atoms with Crippen molar-refractivity contribution in [3.8, 4) is 0 Å². The van der Waals surface area contributed by atoms with Gasteiger partial charge in [-0.15, -0.1) is 5.69 Å². The predicted octanol–water partition coefficient (Wildman–Crippen LogP) is 3.49. The Morgan fingerprint density at radius 1 is 1.15 bits per heavy atom. The van der Waals surface area contributed by atoms with Crippen LogP contribution in [0.2, 0.25) is 0 Å². The molecule has 1 aromatic rings. The molecule has 1 fully saturated rings. The first-order valence-corrected chi connectivity index (χ1v) is 7.26. The molecule has 1 aliphatic rings. The maximum Gasteiger partial charge on any atom is 0.494 e. The summed E-state index contributed by atoms with van der Waals surface area (Å²) in [6.45, 7) is 8.10. The molecule has 0 bridgehead atoms. The zero-order valence-electron chi connectivity index (χ0n) is 12.6. The molecule has 1 radical (unpaired) electrons. The van der Waals surface area contributed by atoms with Crippen molar-refractivity contribution in [1.29, 1.82) is 0 Å². The molecule has 109 valence electrons. The SMILES string of the molecule is CC1(C)OB(c2cccc([NH-])c2)OC1(C)C.CSO.[Y]. The van der Waals surface area contributed by atoms with Gasteiger partial charge < -0.3 is 19.6 Å². The summed E-state index contributed by atoms with van der Waals surface area (Å²) < 4.78 is 19.3. The number of hydrogen-bond acceptors (Lipinski definition) is 4. The third-order valence-corrected chi connectivity index (χ3v) is 3.41. The zero-order chi connectivity index (χ0) is 14.7. The third kappa shape index (κ3) is 5.00. The van der Waals surface area contributed by atoms with E-state index < -0.39 is 0 Å². The van der Waals surface area contributed by atoms with Gasteiger partial charge in [0, 0.05) is 39.0 Å². The molecule has 1 heterocycles. The Kier molecular flexibility index (Phi) is 8.33. The Labute approximate surface area is 151 Å². The molecule has 0 aliphatic carbocycles. The second-order valence-corrected chi connectivity index (χ2v) is 5.76. The van der Waals surface area contributed by atoms with Crippen LogP contribution in [0.15, 0.2) is 24.3 Å². The van der Waals surface area contributed by atoms with Crippen molar-refractivity contribution in [2.75, 3.05) is 6.26 Å². The summed E-state index contributed by atoms with van der Waals surface area (Å²) in [5.74, 6) is 0. The molecule has 4 nitrogen and oxygen atoms in total. The van der Waals surface area contributed by atoms with E-state index in [9.17, 15) is 0 Å². The summed E-state index contributed by atoms with van der Waals surface area (Å²) in [6.07, 6.45) is 1.60. The smallest absolute Gasteiger partial charge is 0.494 e. The topological polar surface area (TPSA) is 62.5 Å². The Bertz CT molecular complexity index is 416. The van der Waals surface area contributed by atoms with Gasteiger partial charge in [-0.2, -0.15) is 0 Å². The summed E-state index contributed by atoms with van der Waals surface area (Å²) >= 11 is 0.750. The van der Waals surface area contributed by atoms with E-state index in [1.165, 1.54) is 0 Å². The molecule has 2 N–H and O–H groups in total. The van der Waals surface area contributed by atoms with Crippen molar-refractivity contribution in [2.24, 2.45) is 0 Å². The van der Waals surface area contributed by atoms with Crippen LogP contribution in [0.1, 0.15) is 27.7 Å². The first-order chi connectivity index (χ1) is 8.73. The van der Waals surface area contributed by atoms with E-state index in [4.69, 9.17) is 19.6 Å². The van der Waals surface area contributed by atoms with Crippen LogP contribution in [0.3, 0.4) is 0 Å². The minimum Gasteiger partial charge on any atom is -0.699 e. The number of hydrogen-bond donors (Lipinski definition) is 1. The van der Waals surface area contributed by atoms with Crippen molar-refractivity contribution < 1.29 is 46.6 Å². The summed E-state index contributed by atoms with van der Waals surface area (Å²) in [4.78, 5) is 0. The maximum absolute atomic E-state index is 7.59. The van der Waals surface area contributed by atoms with Crippen LogP contribution in [-0.4, -0.2) is 29.1 Å². The molecule has 1 aromatic carbocycles. The summed E-state index contributed by atoms with van der Waals surface area (Å²) in [5, 5.41) is 0. The minimum atomic E-state index is -0.365. The fourth-order valence-electron chi connectivity index (χ4n) is 1.66. The van der Waals surface area contributed by atoms with Crippen molar-refractivity contribution in [3.63, 3.8) is 0 Å². The average molecular weight is 371 g/mol.